The van der Waals surface area contributed by atoms with Crippen LogP contribution in [0, 0.1) is 0 Å². The molecule has 1 fully saturated rings. The highest BCUT2D eigenvalue weighted by Gasteiger charge is 2.17. The molecule has 0 amide bonds. The van der Waals surface area contributed by atoms with E-state index in [0.717, 1.165) is 26.1 Å². The average molecular weight is 202 g/mol. The van der Waals surface area contributed by atoms with E-state index in [2.05, 4.69) is 5.10 Å². The molecule has 0 aromatic carbocycles. The molecule has 1 aromatic heterocycles. The standard InChI is InChI=1S/C8H12ClN3O/c9-7-5-12(11-8(7)10)6-1-3-13-4-2-6/h5-6H,1-4H2,(H2,10,11). The summed E-state index contributed by atoms with van der Waals surface area (Å²) in [5, 5.41) is 4.67. The molecule has 0 unspecified atom stereocenters. The van der Waals surface area contributed by atoms with E-state index in [9.17, 15) is 0 Å². The molecule has 4 nitrogen and oxygen atoms in total. The predicted molar refractivity (Wildman–Crippen MR) is 50.7 cm³/mol. The molecule has 1 aliphatic heterocycles. The molecule has 13 heavy (non-hydrogen) atoms. The Morgan fingerprint density at radius 1 is 1.54 bits per heavy atom. The van der Waals surface area contributed by atoms with Crippen molar-refractivity contribution in [3.05, 3.63) is 11.2 Å². The lowest BCUT2D eigenvalue weighted by atomic mass is 10.1. The number of nitrogens with two attached hydrogens (primary N) is 1. The van der Waals surface area contributed by atoms with Crippen molar-refractivity contribution in [2.45, 2.75) is 18.9 Å². The maximum atomic E-state index is 5.81. The van der Waals surface area contributed by atoms with Gasteiger partial charge in [0.2, 0.25) is 0 Å². The van der Waals surface area contributed by atoms with Crippen molar-refractivity contribution in [1.29, 1.82) is 0 Å². The zero-order valence-electron chi connectivity index (χ0n) is 7.24. The fraction of sp³-hybridized carbons (Fsp3) is 0.625. The first-order chi connectivity index (χ1) is 6.27. The van der Waals surface area contributed by atoms with Crippen LogP contribution in [0.2, 0.25) is 5.02 Å². The van der Waals surface area contributed by atoms with Gasteiger partial charge in [-0.05, 0) is 12.8 Å². The van der Waals surface area contributed by atoms with E-state index in [4.69, 9.17) is 22.1 Å². The fourth-order valence-electron chi connectivity index (χ4n) is 1.52. The molecule has 2 heterocycles. The Kier molecular flexibility index (Phi) is 2.42. The number of ether oxygens (including phenoxy) is 1. The highest BCUT2D eigenvalue weighted by molar-refractivity contribution is 6.32. The molecule has 0 aliphatic carbocycles. The zero-order chi connectivity index (χ0) is 9.26. The number of anilines is 1. The molecule has 2 N–H and O–H groups in total. The molecule has 72 valence electrons. The van der Waals surface area contributed by atoms with E-state index < -0.39 is 0 Å². The summed E-state index contributed by atoms with van der Waals surface area (Å²) in [6, 6.07) is 0.392. The summed E-state index contributed by atoms with van der Waals surface area (Å²) in [5.41, 5.74) is 5.55. The Balaban J connectivity index is 2.14. The van der Waals surface area contributed by atoms with E-state index in [1.165, 1.54) is 0 Å². The van der Waals surface area contributed by atoms with Crippen LogP contribution in [-0.4, -0.2) is 23.0 Å². The van der Waals surface area contributed by atoms with Gasteiger partial charge in [0.15, 0.2) is 5.82 Å². The fourth-order valence-corrected chi connectivity index (χ4v) is 1.66. The summed E-state index contributed by atoms with van der Waals surface area (Å²) >= 11 is 5.81. The molecular weight excluding hydrogens is 190 g/mol. The first-order valence-electron chi connectivity index (χ1n) is 4.35. The predicted octanol–water partition coefficient (Wildman–Crippen LogP) is 1.47. The average Bonchev–Trinajstić information content (AvgIpc) is 2.49. The van der Waals surface area contributed by atoms with Gasteiger partial charge in [-0.3, -0.25) is 4.68 Å². The van der Waals surface area contributed by atoms with Gasteiger partial charge < -0.3 is 10.5 Å². The highest BCUT2D eigenvalue weighted by atomic mass is 35.5. The highest BCUT2D eigenvalue weighted by Crippen LogP contribution is 2.24. The molecule has 5 heteroatoms. The van der Waals surface area contributed by atoms with Crippen molar-refractivity contribution < 1.29 is 4.74 Å². The Bertz CT molecular complexity index is 274. The summed E-state index contributed by atoms with van der Waals surface area (Å²) in [7, 11) is 0. The first kappa shape index (κ1) is 8.84. The van der Waals surface area contributed by atoms with Crippen molar-refractivity contribution in [1.82, 2.24) is 9.78 Å². The van der Waals surface area contributed by atoms with Crippen molar-refractivity contribution in [2.24, 2.45) is 0 Å². The number of nitrogen functional groups attached to an aromatic ring is 1. The van der Waals surface area contributed by atoms with Crippen LogP contribution >= 0.6 is 11.6 Å². The molecule has 1 aromatic rings. The number of hydrogen-bond donors (Lipinski definition) is 1. The van der Waals surface area contributed by atoms with E-state index in [0.29, 0.717) is 16.9 Å². The summed E-state index contributed by atoms with van der Waals surface area (Å²) in [6.45, 7) is 1.59. The van der Waals surface area contributed by atoms with Crippen molar-refractivity contribution >= 4 is 17.4 Å². The molecule has 0 spiro atoms. The summed E-state index contributed by atoms with van der Waals surface area (Å²) in [5.74, 6) is 0.410. The van der Waals surface area contributed by atoms with Crippen LogP contribution in [0.5, 0.6) is 0 Å². The summed E-state index contributed by atoms with van der Waals surface area (Å²) < 4.78 is 7.10. The molecule has 0 saturated carbocycles. The van der Waals surface area contributed by atoms with Crippen molar-refractivity contribution in [3.8, 4) is 0 Å². The largest absolute Gasteiger partial charge is 0.381 e. The van der Waals surface area contributed by atoms with E-state index in [1.54, 1.807) is 6.20 Å². The SMILES string of the molecule is Nc1nn(C2CCOCC2)cc1Cl. The first-order valence-corrected chi connectivity index (χ1v) is 4.73. The molecule has 1 aliphatic rings. The Morgan fingerprint density at radius 3 is 2.77 bits per heavy atom. The minimum Gasteiger partial charge on any atom is -0.381 e. The maximum Gasteiger partial charge on any atom is 0.164 e. The molecule has 0 radical (unpaired) electrons. The third-order valence-corrected chi connectivity index (χ3v) is 2.57. The topological polar surface area (TPSA) is 53.1 Å². The van der Waals surface area contributed by atoms with Crippen LogP contribution in [0.1, 0.15) is 18.9 Å². The van der Waals surface area contributed by atoms with Gasteiger partial charge in [0.1, 0.15) is 5.02 Å². The van der Waals surface area contributed by atoms with Crippen molar-refractivity contribution in [3.63, 3.8) is 0 Å². The smallest absolute Gasteiger partial charge is 0.164 e. The van der Waals surface area contributed by atoms with Gasteiger partial charge in [-0.15, -0.1) is 0 Å². The van der Waals surface area contributed by atoms with Crippen LogP contribution in [0.15, 0.2) is 6.20 Å². The van der Waals surface area contributed by atoms with Gasteiger partial charge in [-0.25, -0.2) is 0 Å². The minimum absolute atomic E-state index is 0.392. The van der Waals surface area contributed by atoms with E-state index in [1.807, 2.05) is 4.68 Å². The monoisotopic (exact) mass is 201 g/mol. The van der Waals surface area contributed by atoms with Gasteiger partial charge in [-0.2, -0.15) is 5.10 Å². The number of hydrogen-bond acceptors (Lipinski definition) is 3. The Morgan fingerprint density at radius 2 is 2.23 bits per heavy atom. The van der Waals surface area contributed by atoms with Gasteiger partial charge >= 0.3 is 0 Å². The second kappa shape index (κ2) is 3.55. The lowest BCUT2D eigenvalue weighted by molar-refractivity contribution is 0.0663. The summed E-state index contributed by atoms with van der Waals surface area (Å²) in [6.07, 6.45) is 3.75. The minimum atomic E-state index is 0.392. The van der Waals surface area contributed by atoms with Gasteiger partial charge in [0, 0.05) is 19.4 Å². The van der Waals surface area contributed by atoms with Gasteiger partial charge in [0.25, 0.3) is 0 Å². The van der Waals surface area contributed by atoms with Gasteiger partial charge in [0.05, 0.1) is 6.04 Å². The second-order valence-electron chi connectivity index (χ2n) is 3.19. The van der Waals surface area contributed by atoms with Crippen molar-refractivity contribution in [2.75, 3.05) is 18.9 Å². The Labute approximate surface area is 81.6 Å². The molecule has 0 atom stereocenters. The summed E-state index contributed by atoms with van der Waals surface area (Å²) in [4.78, 5) is 0. The molecular formula is C8H12ClN3O. The lowest BCUT2D eigenvalue weighted by Gasteiger charge is -2.21. The van der Waals surface area contributed by atoms with Crippen LogP contribution in [-0.2, 0) is 4.74 Å². The Hall–Kier alpha value is -0.740. The van der Waals surface area contributed by atoms with Crippen LogP contribution < -0.4 is 5.73 Å². The second-order valence-corrected chi connectivity index (χ2v) is 3.59. The lowest BCUT2D eigenvalue weighted by Crippen LogP contribution is -2.19. The normalized spacial score (nSPS) is 19.2. The number of nitrogens with zero attached hydrogens (tertiary/aromatic N) is 2. The maximum absolute atomic E-state index is 5.81. The number of aromatic nitrogens is 2. The third kappa shape index (κ3) is 1.78. The molecule has 2 rings (SSSR count). The number of rotatable bonds is 1. The van der Waals surface area contributed by atoms with Crippen LogP contribution in [0.25, 0.3) is 0 Å². The molecule has 1 saturated heterocycles. The van der Waals surface area contributed by atoms with Crippen LogP contribution in [0.4, 0.5) is 5.82 Å². The third-order valence-electron chi connectivity index (χ3n) is 2.28. The quantitative estimate of drug-likeness (QED) is 0.749. The van der Waals surface area contributed by atoms with Crippen LogP contribution in [0.3, 0.4) is 0 Å². The van der Waals surface area contributed by atoms with E-state index in [-0.39, 0.29) is 0 Å². The molecule has 0 bridgehead atoms. The van der Waals surface area contributed by atoms with Gasteiger partial charge in [-0.1, -0.05) is 11.6 Å². The number of halogens is 1. The zero-order valence-corrected chi connectivity index (χ0v) is 8.00. The van der Waals surface area contributed by atoms with E-state index >= 15 is 0 Å².